The van der Waals surface area contributed by atoms with Gasteiger partial charge in [-0.3, -0.25) is 4.79 Å². The van der Waals surface area contributed by atoms with E-state index in [-0.39, 0.29) is 23.2 Å². The van der Waals surface area contributed by atoms with Crippen molar-refractivity contribution < 1.29 is 13.7 Å². The van der Waals surface area contributed by atoms with Gasteiger partial charge in [0.2, 0.25) is 0 Å². The van der Waals surface area contributed by atoms with Crippen molar-refractivity contribution in [3.05, 3.63) is 52.9 Å². The number of halogens is 1. The van der Waals surface area contributed by atoms with Crippen molar-refractivity contribution in [2.75, 3.05) is 0 Å². The summed E-state index contributed by atoms with van der Waals surface area (Å²) < 4.78 is 11.7. The fourth-order valence-electron chi connectivity index (χ4n) is 2.21. The fraction of sp³-hybridized carbons (Fsp3) is 0.133. The number of nitrogens with one attached hydrogen (secondary N) is 1. The Morgan fingerprint density at radius 2 is 2.32 bits per heavy atom. The second-order valence-corrected chi connectivity index (χ2v) is 5.62. The number of hydrogen-bond donors (Lipinski definition) is 1. The number of nitrogens with zero attached hydrogens (tertiary/aromatic N) is 5. The molecule has 9 nitrogen and oxygen atoms in total. The molecule has 0 aliphatic rings. The van der Waals surface area contributed by atoms with Gasteiger partial charge < -0.3 is 14.3 Å². The highest BCUT2D eigenvalue weighted by molar-refractivity contribution is 6.36. The Labute approximate surface area is 145 Å². The molecule has 0 saturated carbocycles. The minimum atomic E-state index is -0.461. The maximum Gasteiger partial charge on any atom is 0.293 e. The molecule has 0 atom stereocenters. The first-order valence-corrected chi connectivity index (χ1v) is 7.65. The van der Waals surface area contributed by atoms with Crippen LogP contribution in [0.1, 0.15) is 21.9 Å². The largest absolute Gasteiger partial charge is 0.459 e. The lowest BCUT2D eigenvalue weighted by Crippen LogP contribution is -2.24. The van der Waals surface area contributed by atoms with E-state index in [1.54, 1.807) is 24.5 Å². The van der Waals surface area contributed by atoms with Gasteiger partial charge >= 0.3 is 0 Å². The van der Waals surface area contributed by atoms with Gasteiger partial charge in [0.05, 0.1) is 12.8 Å². The SMILES string of the molecule is Cc1cnc2c(Cl)c(C(=O)NCc3noc(-c4ccco4)n3)nn2c1. The van der Waals surface area contributed by atoms with E-state index in [1.807, 2.05) is 6.92 Å². The van der Waals surface area contributed by atoms with Crippen molar-refractivity contribution in [3.63, 3.8) is 0 Å². The number of fused-ring (bicyclic) bond motifs is 1. The Morgan fingerprint density at radius 1 is 1.44 bits per heavy atom. The van der Waals surface area contributed by atoms with Gasteiger partial charge in [0.1, 0.15) is 5.02 Å². The van der Waals surface area contributed by atoms with Crippen LogP contribution < -0.4 is 5.32 Å². The summed E-state index contributed by atoms with van der Waals surface area (Å²) in [6.45, 7) is 1.92. The van der Waals surface area contributed by atoms with Crippen LogP contribution in [0.15, 0.2) is 39.7 Å². The maximum absolute atomic E-state index is 12.3. The molecule has 4 aromatic rings. The van der Waals surface area contributed by atoms with E-state index in [1.165, 1.54) is 10.8 Å². The Morgan fingerprint density at radius 3 is 3.12 bits per heavy atom. The molecule has 0 aliphatic heterocycles. The molecule has 0 bridgehead atoms. The van der Waals surface area contributed by atoms with Crippen molar-refractivity contribution in [2.24, 2.45) is 0 Å². The number of carbonyl (C=O) groups is 1. The molecule has 0 spiro atoms. The van der Waals surface area contributed by atoms with Crippen molar-refractivity contribution in [1.29, 1.82) is 0 Å². The first kappa shape index (κ1) is 15.3. The summed E-state index contributed by atoms with van der Waals surface area (Å²) in [4.78, 5) is 20.6. The molecule has 4 rings (SSSR count). The van der Waals surface area contributed by atoms with E-state index >= 15 is 0 Å². The summed E-state index contributed by atoms with van der Waals surface area (Å²) in [5.74, 6) is 0.528. The van der Waals surface area contributed by atoms with Crippen molar-refractivity contribution >= 4 is 23.2 Å². The molecule has 0 aliphatic carbocycles. The Hall–Kier alpha value is -3.20. The molecule has 10 heteroatoms. The Kier molecular flexibility index (Phi) is 3.69. The lowest BCUT2D eigenvalue weighted by Gasteiger charge is -1.98. The Balaban J connectivity index is 1.50. The van der Waals surface area contributed by atoms with Crippen LogP contribution in [0, 0.1) is 6.92 Å². The van der Waals surface area contributed by atoms with Gasteiger partial charge in [-0.25, -0.2) is 9.50 Å². The highest BCUT2D eigenvalue weighted by Gasteiger charge is 2.19. The van der Waals surface area contributed by atoms with Crippen LogP contribution in [0.25, 0.3) is 17.3 Å². The zero-order chi connectivity index (χ0) is 17.4. The van der Waals surface area contributed by atoms with Crippen LogP contribution in [-0.4, -0.2) is 30.6 Å². The number of furan rings is 1. The van der Waals surface area contributed by atoms with E-state index in [2.05, 4.69) is 25.5 Å². The van der Waals surface area contributed by atoms with Gasteiger partial charge in [0.25, 0.3) is 11.8 Å². The summed E-state index contributed by atoms with van der Waals surface area (Å²) in [6.07, 6.45) is 4.89. The fourth-order valence-corrected chi connectivity index (χ4v) is 2.47. The topological polar surface area (TPSA) is 111 Å². The number of amides is 1. The predicted octanol–water partition coefficient (Wildman–Crippen LogP) is 2.26. The number of rotatable bonds is 4. The molecule has 126 valence electrons. The molecule has 0 unspecified atom stereocenters. The average Bonchev–Trinajstić information content (AvgIpc) is 3.32. The number of aromatic nitrogens is 5. The van der Waals surface area contributed by atoms with E-state index in [0.717, 1.165) is 5.56 Å². The minimum absolute atomic E-state index is 0.0553. The van der Waals surface area contributed by atoms with Crippen molar-refractivity contribution in [1.82, 2.24) is 30.1 Å². The third-order valence-electron chi connectivity index (χ3n) is 3.37. The molecular weight excluding hydrogens is 348 g/mol. The summed E-state index contributed by atoms with van der Waals surface area (Å²) in [6, 6.07) is 3.41. The van der Waals surface area contributed by atoms with Crippen molar-refractivity contribution in [3.8, 4) is 11.7 Å². The quantitative estimate of drug-likeness (QED) is 0.595. The monoisotopic (exact) mass is 358 g/mol. The highest BCUT2D eigenvalue weighted by atomic mass is 35.5. The summed E-state index contributed by atoms with van der Waals surface area (Å²) >= 11 is 6.19. The van der Waals surface area contributed by atoms with Crippen LogP contribution in [0.5, 0.6) is 0 Å². The standard InChI is InChI=1S/C15H11ClN6O3/c1-8-5-17-13-11(16)12(20-22(13)7-8)14(23)18-6-10-19-15(25-21-10)9-3-2-4-24-9/h2-5,7H,6H2,1H3,(H,18,23). The predicted molar refractivity (Wildman–Crippen MR) is 85.9 cm³/mol. The molecule has 0 aromatic carbocycles. The van der Waals surface area contributed by atoms with Crippen LogP contribution in [0.3, 0.4) is 0 Å². The molecule has 4 aromatic heterocycles. The van der Waals surface area contributed by atoms with E-state index in [4.69, 9.17) is 20.5 Å². The third kappa shape index (κ3) is 2.85. The lowest BCUT2D eigenvalue weighted by atomic mass is 10.4. The zero-order valence-electron chi connectivity index (χ0n) is 12.9. The van der Waals surface area contributed by atoms with Crippen LogP contribution in [-0.2, 0) is 6.54 Å². The second-order valence-electron chi connectivity index (χ2n) is 5.24. The van der Waals surface area contributed by atoms with Crippen LogP contribution in [0.4, 0.5) is 0 Å². The lowest BCUT2D eigenvalue weighted by molar-refractivity contribution is 0.0944. The smallest absolute Gasteiger partial charge is 0.293 e. The van der Waals surface area contributed by atoms with Crippen LogP contribution >= 0.6 is 11.6 Å². The summed E-state index contributed by atoms with van der Waals surface area (Å²) in [5, 5.41) is 10.8. The number of aryl methyl sites for hydroxylation is 1. The van der Waals surface area contributed by atoms with Crippen LogP contribution in [0.2, 0.25) is 5.02 Å². The van der Waals surface area contributed by atoms with Gasteiger partial charge in [-0.1, -0.05) is 16.8 Å². The second kappa shape index (κ2) is 6.02. The van der Waals surface area contributed by atoms with E-state index in [0.29, 0.717) is 17.2 Å². The molecule has 0 saturated heterocycles. The molecule has 1 N–H and O–H groups in total. The Bertz CT molecular complexity index is 1050. The zero-order valence-corrected chi connectivity index (χ0v) is 13.7. The first-order chi connectivity index (χ1) is 12.1. The molecule has 4 heterocycles. The first-order valence-electron chi connectivity index (χ1n) is 7.27. The van der Waals surface area contributed by atoms with Gasteiger partial charge in [-0.2, -0.15) is 10.1 Å². The average molecular weight is 359 g/mol. The number of hydrogen-bond acceptors (Lipinski definition) is 7. The molecular formula is C15H11ClN6O3. The van der Waals surface area contributed by atoms with Crippen molar-refractivity contribution in [2.45, 2.75) is 13.5 Å². The van der Waals surface area contributed by atoms with Gasteiger partial charge in [-0.05, 0) is 24.6 Å². The van der Waals surface area contributed by atoms with Gasteiger partial charge in [0, 0.05) is 12.4 Å². The normalized spacial score (nSPS) is 11.1. The molecule has 0 radical (unpaired) electrons. The maximum atomic E-state index is 12.3. The highest BCUT2D eigenvalue weighted by Crippen LogP contribution is 2.20. The number of carbonyl (C=O) groups excluding carboxylic acids is 1. The van der Waals surface area contributed by atoms with Gasteiger partial charge in [-0.15, -0.1) is 0 Å². The van der Waals surface area contributed by atoms with Gasteiger partial charge in [0.15, 0.2) is 22.9 Å². The van der Waals surface area contributed by atoms with E-state index in [9.17, 15) is 4.79 Å². The molecule has 25 heavy (non-hydrogen) atoms. The molecule has 0 fully saturated rings. The third-order valence-corrected chi connectivity index (χ3v) is 3.72. The van der Waals surface area contributed by atoms with E-state index < -0.39 is 5.91 Å². The minimum Gasteiger partial charge on any atom is -0.459 e. The molecule has 1 amide bonds. The summed E-state index contributed by atoms with van der Waals surface area (Å²) in [5.41, 5.74) is 1.39. The summed E-state index contributed by atoms with van der Waals surface area (Å²) in [7, 11) is 0.